The molecule has 0 bridgehead atoms. The molecule has 0 N–H and O–H groups in total. The Bertz CT molecular complexity index is 976. The zero-order valence-corrected chi connectivity index (χ0v) is 17.4. The van der Waals surface area contributed by atoms with Gasteiger partial charge in [-0.15, -0.1) is 0 Å². The van der Waals surface area contributed by atoms with Gasteiger partial charge < -0.3 is 4.74 Å². The molecule has 0 aliphatic carbocycles. The quantitative estimate of drug-likeness (QED) is 0.172. The third-order valence-corrected chi connectivity index (χ3v) is 5.07. The van der Waals surface area contributed by atoms with Gasteiger partial charge in [-0.1, -0.05) is 12.1 Å². The predicted molar refractivity (Wildman–Crippen MR) is 87.8 cm³/mol. The zero-order chi connectivity index (χ0) is 29.0. The molecule has 208 valence electrons. The summed E-state index contributed by atoms with van der Waals surface area (Å²) in [5, 5.41) is 10.8. The summed E-state index contributed by atoms with van der Waals surface area (Å²) in [6, 6.07) is 2.60. The number of halogens is 15. The van der Waals surface area contributed by atoms with Crippen LogP contribution in [0.25, 0.3) is 0 Å². The van der Waals surface area contributed by atoms with Gasteiger partial charge in [0.05, 0.1) is 16.9 Å². The number of nitrogens with zero attached hydrogens (tertiary/aromatic N) is 1. The second-order valence-electron chi connectivity index (χ2n) is 7.49. The molecule has 0 fully saturated rings. The molecule has 0 spiro atoms. The lowest BCUT2D eigenvalue weighted by atomic mass is 9.83. The van der Waals surface area contributed by atoms with Crippen molar-refractivity contribution in [3.8, 4) is 0 Å². The molecule has 0 heterocycles. The summed E-state index contributed by atoms with van der Waals surface area (Å²) < 4.78 is 205. The SMILES string of the molecule is COC(C)(CC(F)(F)C(F)(F)C(F)(F)C(F)(F)C(F)(F)C(F)(F)C(F)(F)F)c1cccc([N+](=O)[O-])c1. The number of rotatable bonds is 10. The molecule has 0 saturated carbocycles. The van der Waals surface area contributed by atoms with E-state index in [1.165, 1.54) is 0 Å². The van der Waals surface area contributed by atoms with Crippen LogP contribution in [0.3, 0.4) is 0 Å². The Kier molecular flexibility index (Phi) is 7.74. The number of alkyl halides is 15. The summed E-state index contributed by atoms with van der Waals surface area (Å²) in [6.45, 7) is 0.402. The van der Waals surface area contributed by atoms with Crippen LogP contribution in [-0.4, -0.2) is 53.7 Å². The fourth-order valence-electron chi connectivity index (χ4n) is 2.77. The van der Waals surface area contributed by atoms with E-state index in [0.29, 0.717) is 26.2 Å². The Morgan fingerprint density at radius 1 is 0.750 bits per heavy atom. The van der Waals surface area contributed by atoms with Gasteiger partial charge in [-0.2, -0.15) is 65.9 Å². The molecule has 0 radical (unpaired) electrons. The number of nitro groups is 1. The minimum atomic E-state index is -8.40. The summed E-state index contributed by atoms with van der Waals surface area (Å²) in [4.78, 5) is 9.67. The highest BCUT2D eigenvalue weighted by molar-refractivity contribution is 5.37. The minimum absolute atomic E-state index is 0.402. The van der Waals surface area contributed by atoms with E-state index >= 15 is 0 Å². The molecule has 1 rings (SSSR count). The first-order chi connectivity index (χ1) is 15.7. The highest BCUT2D eigenvalue weighted by Gasteiger charge is 2.93. The van der Waals surface area contributed by atoms with Crippen LogP contribution in [0.4, 0.5) is 71.5 Å². The normalized spacial score (nSPS) is 16.6. The zero-order valence-electron chi connectivity index (χ0n) is 17.4. The van der Waals surface area contributed by atoms with E-state index in [1.54, 1.807) is 0 Å². The largest absolute Gasteiger partial charge is 0.460 e. The number of hydrogen-bond acceptors (Lipinski definition) is 3. The molecule has 1 aromatic rings. The Morgan fingerprint density at radius 2 is 1.17 bits per heavy atom. The predicted octanol–water partition coefficient (Wildman–Crippen LogP) is 7.22. The van der Waals surface area contributed by atoms with Crippen molar-refractivity contribution in [2.24, 2.45) is 0 Å². The Balaban J connectivity index is 3.63. The average Bonchev–Trinajstić information content (AvgIpc) is 2.71. The third-order valence-electron chi connectivity index (χ3n) is 5.07. The first-order valence-electron chi connectivity index (χ1n) is 8.81. The van der Waals surface area contributed by atoms with Gasteiger partial charge >= 0.3 is 41.7 Å². The lowest BCUT2D eigenvalue weighted by Gasteiger charge is -2.43. The number of methoxy groups -OCH3 is 1. The van der Waals surface area contributed by atoms with Crippen molar-refractivity contribution >= 4 is 5.69 Å². The molecule has 1 atom stereocenters. The molecule has 19 heteroatoms. The van der Waals surface area contributed by atoms with Crippen molar-refractivity contribution in [1.82, 2.24) is 0 Å². The van der Waals surface area contributed by atoms with Crippen LogP contribution in [0.5, 0.6) is 0 Å². The maximum Gasteiger partial charge on any atom is 0.460 e. The summed E-state index contributed by atoms with van der Waals surface area (Å²) in [5.74, 6) is -47.3. The Morgan fingerprint density at radius 3 is 1.56 bits per heavy atom. The number of hydrogen-bond donors (Lipinski definition) is 0. The second kappa shape index (κ2) is 8.83. The van der Waals surface area contributed by atoms with Gasteiger partial charge in [-0.05, 0) is 12.5 Å². The summed E-state index contributed by atoms with van der Waals surface area (Å²) in [7, 11) is 0.456. The van der Waals surface area contributed by atoms with Gasteiger partial charge in [0.2, 0.25) is 0 Å². The number of non-ortho nitro benzene ring substituents is 1. The molecule has 0 saturated heterocycles. The number of benzene rings is 1. The highest BCUT2D eigenvalue weighted by Crippen LogP contribution is 2.63. The van der Waals surface area contributed by atoms with Crippen molar-refractivity contribution < 1.29 is 75.5 Å². The average molecular weight is 563 g/mol. The molecular formula is C17H12F15NO3. The second-order valence-corrected chi connectivity index (χ2v) is 7.49. The Hall–Kier alpha value is -2.47. The van der Waals surface area contributed by atoms with E-state index in [0.717, 1.165) is 12.1 Å². The van der Waals surface area contributed by atoms with Crippen LogP contribution in [0.15, 0.2) is 24.3 Å². The van der Waals surface area contributed by atoms with Crippen LogP contribution in [0, 0.1) is 10.1 Å². The molecule has 0 amide bonds. The van der Waals surface area contributed by atoms with Crippen molar-refractivity contribution in [3.05, 3.63) is 39.9 Å². The van der Waals surface area contributed by atoms with E-state index in [2.05, 4.69) is 4.74 Å². The van der Waals surface area contributed by atoms with E-state index in [1.807, 2.05) is 0 Å². The molecule has 1 unspecified atom stereocenters. The first kappa shape index (κ1) is 31.6. The molecule has 1 aromatic carbocycles. The molecule has 0 aromatic heterocycles. The third kappa shape index (κ3) is 4.53. The lowest BCUT2D eigenvalue weighted by Crippen LogP contribution is -2.72. The minimum Gasteiger partial charge on any atom is -0.374 e. The summed E-state index contributed by atoms with van der Waals surface area (Å²) in [5.41, 5.74) is -4.70. The van der Waals surface area contributed by atoms with Gasteiger partial charge in [0, 0.05) is 19.2 Å². The van der Waals surface area contributed by atoms with Gasteiger partial charge in [0.25, 0.3) is 5.69 Å². The smallest absolute Gasteiger partial charge is 0.374 e. The van der Waals surface area contributed by atoms with Crippen LogP contribution in [0.1, 0.15) is 18.9 Å². The molecule has 36 heavy (non-hydrogen) atoms. The van der Waals surface area contributed by atoms with Gasteiger partial charge in [-0.25, -0.2) is 0 Å². The van der Waals surface area contributed by atoms with Crippen LogP contribution in [-0.2, 0) is 10.3 Å². The van der Waals surface area contributed by atoms with Gasteiger partial charge in [0.15, 0.2) is 0 Å². The molecule has 4 nitrogen and oxygen atoms in total. The Labute approximate surface area is 190 Å². The summed E-state index contributed by atoms with van der Waals surface area (Å²) >= 11 is 0. The number of nitro benzene ring substituents is 1. The van der Waals surface area contributed by atoms with Crippen molar-refractivity contribution in [2.75, 3.05) is 7.11 Å². The monoisotopic (exact) mass is 563 g/mol. The van der Waals surface area contributed by atoms with Crippen LogP contribution >= 0.6 is 0 Å². The number of ether oxygens (including phenoxy) is 1. The fourth-order valence-corrected chi connectivity index (χ4v) is 2.77. The highest BCUT2D eigenvalue weighted by atomic mass is 19.4. The maximum atomic E-state index is 14.3. The van der Waals surface area contributed by atoms with E-state index < -0.39 is 69.9 Å². The van der Waals surface area contributed by atoms with Crippen molar-refractivity contribution in [1.29, 1.82) is 0 Å². The van der Waals surface area contributed by atoms with E-state index in [4.69, 9.17) is 0 Å². The molecular weight excluding hydrogens is 551 g/mol. The molecule has 0 aliphatic heterocycles. The maximum absolute atomic E-state index is 14.3. The van der Waals surface area contributed by atoms with Crippen molar-refractivity contribution in [3.63, 3.8) is 0 Å². The van der Waals surface area contributed by atoms with Crippen LogP contribution in [0.2, 0.25) is 0 Å². The molecule has 0 aliphatic rings. The van der Waals surface area contributed by atoms with Gasteiger partial charge in [-0.3, -0.25) is 10.1 Å². The van der Waals surface area contributed by atoms with Crippen LogP contribution < -0.4 is 0 Å². The lowest BCUT2D eigenvalue weighted by molar-refractivity contribution is -0.453. The summed E-state index contributed by atoms with van der Waals surface area (Å²) in [6.07, 6.45) is -10.5. The fraction of sp³-hybridized carbons (Fsp3) is 0.647. The van der Waals surface area contributed by atoms with Gasteiger partial charge in [0.1, 0.15) is 0 Å². The first-order valence-corrected chi connectivity index (χ1v) is 8.81. The van der Waals surface area contributed by atoms with E-state index in [-0.39, 0.29) is 0 Å². The van der Waals surface area contributed by atoms with E-state index in [9.17, 15) is 76.0 Å². The van der Waals surface area contributed by atoms with Crippen molar-refractivity contribution in [2.45, 2.75) is 60.7 Å². The standard InChI is InChI=1S/C17H12F15NO3/c1-10(36-2,8-4-3-5-9(6-8)33(34)35)7-11(18,19)12(20,21)13(22,23)14(24,25)15(26,27)16(28,29)17(30,31)32/h3-6H,7H2,1-2H3. The topological polar surface area (TPSA) is 52.4 Å².